The molecule has 0 unspecified atom stereocenters. The van der Waals surface area contributed by atoms with Crippen molar-refractivity contribution in [2.24, 2.45) is 0 Å². The van der Waals surface area contributed by atoms with Crippen LogP contribution in [0, 0.1) is 0 Å². The quantitative estimate of drug-likeness (QED) is 0.632. The molecule has 0 saturated carbocycles. The zero-order chi connectivity index (χ0) is 18.8. The van der Waals surface area contributed by atoms with E-state index in [1.807, 2.05) is 30.3 Å². The molecular weight excluding hydrogens is 368 g/mol. The standard InChI is InChI=1S/C19H12N2O5S/c22-17-13-8-4-5-9-14(13)18(23)21(17)26-19(24)15-11-27-16(20-15)10-25-12-6-2-1-3-7-12/h1-9,11H,10H2. The molecule has 2 heterocycles. The van der Waals surface area contributed by atoms with Crippen molar-refractivity contribution in [1.29, 1.82) is 0 Å². The topological polar surface area (TPSA) is 85.8 Å². The van der Waals surface area contributed by atoms with E-state index in [0.717, 1.165) is 0 Å². The van der Waals surface area contributed by atoms with Crippen LogP contribution < -0.4 is 4.74 Å². The number of amides is 2. The molecule has 7 nitrogen and oxygen atoms in total. The minimum Gasteiger partial charge on any atom is -0.486 e. The van der Waals surface area contributed by atoms with Crippen molar-refractivity contribution in [3.8, 4) is 5.75 Å². The van der Waals surface area contributed by atoms with Crippen LogP contribution >= 0.6 is 11.3 Å². The lowest BCUT2D eigenvalue weighted by atomic mass is 10.1. The fourth-order valence-electron chi connectivity index (χ4n) is 2.51. The van der Waals surface area contributed by atoms with Crippen molar-refractivity contribution in [3.05, 3.63) is 81.8 Å². The number of benzene rings is 2. The number of thiazole rings is 1. The number of hydrogen-bond acceptors (Lipinski definition) is 7. The lowest BCUT2D eigenvalue weighted by Gasteiger charge is -2.11. The molecule has 1 aliphatic heterocycles. The third kappa shape index (κ3) is 3.30. The maximum atomic E-state index is 12.3. The van der Waals surface area contributed by atoms with Crippen molar-refractivity contribution in [1.82, 2.24) is 10.0 Å². The molecule has 0 N–H and O–H groups in total. The first-order valence-corrected chi connectivity index (χ1v) is 8.84. The smallest absolute Gasteiger partial charge is 0.383 e. The van der Waals surface area contributed by atoms with E-state index in [1.165, 1.54) is 28.8 Å². The molecule has 8 heteroatoms. The Morgan fingerprint density at radius 2 is 1.59 bits per heavy atom. The molecule has 0 aliphatic carbocycles. The molecule has 0 bridgehead atoms. The highest BCUT2D eigenvalue weighted by Crippen LogP contribution is 2.23. The minimum absolute atomic E-state index is 0.00298. The minimum atomic E-state index is -0.883. The molecule has 0 saturated heterocycles. The number of carbonyl (C=O) groups excluding carboxylic acids is 3. The maximum Gasteiger partial charge on any atom is 0.383 e. The Bertz CT molecular complexity index is 996. The highest BCUT2D eigenvalue weighted by Gasteiger charge is 2.39. The molecule has 4 rings (SSSR count). The van der Waals surface area contributed by atoms with E-state index in [2.05, 4.69) is 4.98 Å². The Morgan fingerprint density at radius 1 is 0.963 bits per heavy atom. The molecule has 134 valence electrons. The first-order chi connectivity index (χ1) is 13.1. The molecule has 1 aliphatic rings. The SMILES string of the molecule is O=C(ON1C(=O)c2ccccc2C1=O)c1csc(COc2ccccc2)n1. The summed E-state index contributed by atoms with van der Waals surface area (Å²) in [4.78, 5) is 45.8. The van der Waals surface area contributed by atoms with Crippen LogP contribution in [0.2, 0.25) is 0 Å². The van der Waals surface area contributed by atoms with Crippen LogP contribution in [0.4, 0.5) is 0 Å². The number of nitrogens with zero attached hydrogens (tertiary/aromatic N) is 2. The van der Waals surface area contributed by atoms with E-state index in [-0.39, 0.29) is 23.4 Å². The van der Waals surface area contributed by atoms with Gasteiger partial charge >= 0.3 is 5.97 Å². The van der Waals surface area contributed by atoms with Gasteiger partial charge in [0.2, 0.25) is 0 Å². The Morgan fingerprint density at radius 3 is 2.26 bits per heavy atom. The van der Waals surface area contributed by atoms with Gasteiger partial charge in [-0.3, -0.25) is 9.59 Å². The summed E-state index contributed by atoms with van der Waals surface area (Å²) in [6.45, 7) is 0.189. The average molecular weight is 380 g/mol. The van der Waals surface area contributed by atoms with Gasteiger partial charge in [0.05, 0.1) is 11.1 Å². The first kappa shape index (κ1) is 16.9. The average Bonchev–Trinajstić information content (AvgIpc) is 3.27. The fraction of sp³-hybridized carbons (Fsp3) is 0.0526. The van der Waals surface area contributed by atoms with E-state index >= 15 is 0 Å². The van der Waals surface area contributed by atoms with Gasteiger partial charge in [0.1, 0.15) is 17.4 Å². The van der Waals surface area contributed by atoms with Gasteiger partial charge in [0, 0.05) is 5.38 Å². The van der Waals surface area contributed by atoms with Crippen LogP contribution in [0.15, 0.2) is 60.0 Å². The van der Waals surface area contributed by atoms with Crippen molar-refractivity contribution in [2.75, 3.05) is 0 Å². The number of para-hydroxylation sites is 1. The second-order valence-electron chi connectivity index (χ2n) is 5.56. The summed E-state index contributed by atoms with van der Waals surface area (Å²) in [5.41, 5.74) is 0.402. The predicted octanol–water partition coefficient (Wildman–Crippen LogP) is 3.09. The summed E-state index contributed by atoms with van der Waals surface area (Å²) in [6.07, 6.45) is 0. The summed E-state index contributed by atoms with van der Waals surface area (Å²) in [6, 6.07) is 15.5. The number of imide groups is 1. The van der Waals surface area contributed by atoms with E-state index in [0.29, 0.717) is 15.8 Å². The highest BCUT2D eigenvalue weighted by molar-refractivity contribution is 7.09. The van der Waals surface area contributed by atoms with Crippen LogP contribution in [-0.4, -0.2) is 27.8 Å². The lowest BCUT2D eigenvalue weighted by Crippen LogP contribution is -2.32. The van der Waals surface area contributed by atoms with Crippen LogP contribution in [0.25, 0.3) is 0 Å². The maximum absolute atomic E-state index is 12.3. The number of aromatic nitrogens is 1. The van der Waals surface area contributed by atoms with Crippen LogP contribution in [0.3, 0.4) is 0 Å². The number of hydroxylamine groups is 2. The number of ether oxygens (including phenoxy) is 1. The van der Waals surface area contributed by atoms with Crippen LogP contribution in [0.1, 0.15) is 36.2 Å². The Hall–Kier alpha value is -3.52. The van der Waals surface area contributed by atoms with E-state index < -0.39 is 17.8 Å². The fourth-order valence-corrected chi connectivity index (χ4v) is 3.19. The molecule has 27 heavy (non-hydrogen) atoms. The second-order valence-corrected chi connectivity index (χ2v) is 6.50. The van der Waals surface area contributed by atoms with Gasteiger partial charge in [-0.05, 0) is 24.3 Å². The summed E-state index contributed by atoms with van der Waals surface area (Å²) >= 11 is 1.22. The molecule has 2 aromatic carbocycles. The van der Waals surface area contributed by atoms with Gasteiger partial charge in [0.15, 0.2) is 5.69 Å². The molecule has 0 atom stereocenters. The van der Waals surface area contributed by atoms with Gasteiger partial charge < -0.3 is 9.57 Å². The summed E-state index contributed by atoms with van der Waals surface area (Å²) in [5.74, 6) is -1.55. The summed E-state index contributed by atoms with van der Waals surface area (Å²) in [5, 5.41) is 2.52. The van der Waals surface area contributed by atoms with E-state index in [4.69, 9.17) is 9.57 Å². The molecule has 3 aromatic rings. The van der Waals surface area contributed by atoms with Crippen LogP contribution in [0.5, 0.6) is 5.75 Å². The van der Waals surface area contributed by atoms with Gasteiger partial charge in [-0.2, -0.15) is 0 Å². The normalized spacial score (nSPS) is 12.8. The lowest BCUT2D eigenvalue weighted by molar-refractivity contribution is -0.0588. The van der Waals surface area contributed by atoms with Crippen molar-refractivity contribution >= 4 is 29.1 Å². The number of carbonyl (C=O) groups is 3. The molecular formula is C19H12N2O5S. The Labute approximate surface area is 157 Å². The van der Waals surface area contributed by atoms with Gasteiger partial charge in [0.25, 0.3) is 11.8 Å². The first-order valence-electron chi connectivity index (χ1n) is 7.96. The third-order valence-electron chi connectivity index (χ3n) is 3.80. The third-order valence-corrected chi connectivity index (χ3v) is 4.62. The number of rotatable bonds is 5. The Balaban J connectivity index is 1.42. The van der Waals surface area contributed by atoms with Crippen molar-refractivity contribution in [2.45, 2.75) is 6.61 Å². The summed E-state index contributed by atoms with van der Waals surface area (Å²) in [7, 11) is 0. The second kappa shape index (κ2) is 7.00. The largest absolute Gasteiger partial charge is 0.486 e. The zero-order valence-corrected chi connectivity index (χ0v) is 14.6. The van der Waals surface area contributed by atoms with E-state index in [1.54, 1.807) is 12.1 Å². The summed E-state index contributed by atoms with van der Waals surface area (Å²) < 4.78 is 5.57. The van der Waals surface area contributed by atoms with Crippen LogP contribution in [-0.2, 0) is 11.4 Å². The highest BCUT2D eigenvalue weighted by atomic mass is 32.1. The molecule has 0 fully saturated rings. The zero-order valence-electron chi connectivity index (χ0n) is 13.8. The number of hydrogen-bond donors (Lipinski definition) is 0. The van der Waals surface area contributed by atoms with Gasteiger partial charge in [-0.1, -0.05) is 35.4 Å². The molecule has 1 aromatic heterocycles. The van der Waals surface area contributed by atoms with Gasteiger partial charge in [-0.15, -0.1) is 11.3 Å². The van der Waals surface area contributed by atoms with E-state index in [9.17, 15) is 14.4 Å². The molecule has 2 amide bonds. The van der Waals surface area contributed by atoms with Gasteiger partial charge in [-0.25, -0.2) is 9.78 Å². The monoisotopic (exact) mass is 380 g/mol. The molecule has 0 spiro atoms. The van der Waals surface area contributed by atoms with Crippen molar-refractivity contribution < 1.29 is 24.0 Å². The predicted molar refractivity (Wildman–Crippen MR) is 95.2 cm³/mol. The Kier molecular flexibility index (Phi) is 4.39. The van der Waals surface area contributed by atoms with Crippen molar-refractivity contribution in [3.63, 3.8) is 0 Å². The number of fused-ring (bicyclic) bond motifs is 1. The molecule has 0 radical (unpaired) electrons.